The van der Waals surface area contributed by atoms with E-state index in [1.165, 1.54) is 6.07 Å². The van der Waals surface area contributed by atoms with Crippen LogP contribution in [0.15, 0.2) is 36.4 Å². The number of nitrogens with one attached hydrogen (secondary N) is 1. The van der Waals surface area contributed by atoms with Crippen LogP contribution in [0, 0.1) is 17.0 Å². The van der Waals surface area contributed by atoms with Gasteiger partial charge in [0.15, 0.2) is 11.5 Å². The van der Waals surface area contributed by atoms with E-state index in [9.17, 15) is 14.9 Å². The number of ether oxygens (including phenoxy) is 2. The van der Waals surface area contributed by atoms with Gasteiger partial charge in [-0.2, -0.15) is 0 Å². The molecule has 0 aliphatic heterocycles. The average Bonchev–Trinajstić information content (AvgIpc) is 2.64. The zero-order valence-corrected chi connectivity index (χ0v) is 15.8. The lowest BCUT2D eigenvalue weighted by Crippen LogP contribution is -2.25. The fourth-order valence-electron chi connectivity index (χ4n) is 2.62. The molecule has 1 amide bonds. The highest BCUT2D eigenvalue weighted by Crippen LogP contribution is 2.28. The average molecular weight is 372 g/mol. The van der Waals surface area contributed by atoms with E-state index in [1.54, 1.807) is 19.1 Å². The van der Waals surface area contributed by atoms with Crippen LogP contribution in [0.3, 0.4) is 0 Å². The van der Waals surface area contributed by atoms with E-state index in [2.05, 4.69) is 5.32 Å². The van der Waals surface area contributed by atoms with Gasteiger partial charge >= 0.3 is 0 Å². The van der Waals surface area contributed by atoms with Crippen molar-refractivity contribution in [2.75, 3.05) is 19.8 Å². The van der Waals surface area contributed by atoms with Crippen LogP contribution in [0.5, 0.6) is 11.5 Å². The number of nitrogens with zero attached hydrogens (tertiary/aromatic N) is 1. The largest absolute Gasteiger partial charge is 0.490 e. The molecule has 7 heteroatoms. The number of nitro groups is 1. The van der Waals surface area contributed by atoms with Gasteiger partial charge in [-0.25, -0.2) is 0 Å². The Morgan fingerprint density at radius 2 is 1.78 bits per heavy atom. The van der Waals surface area contributed by atoms with Crippen molar-refractivity contribution < 1.29 is 19.2 Å². The van der Waals surface area contributed by atoms with Crippen molar-refractivity contribution in [3.05, 3.63) is 63.2 Å². The molecular weight excluding hydrogens is 348 g/mol. The molecule has 0 aliphatic rings. The van der Waals surface area contributed by atoms with Crippen molar-refractivity contribution in [2.45, 2.75) is 27.2 Å². The number of amides is 1. The molecule has 0 unspecified atom stereocenters. The lowest BCUT2D eigenvalue weighted by atomic mass is 10.1. The Labute approximate surface area is 158 Å². The third-order valence-corrected chi connectivity index (χ3v) is 3.98. The summed E-state index contributed by atoms with van der Waals surface area (Å²) in [5.74, 6) is 1.03. The quantitative estimate of drug-likeness (QED) is 0.536. The lowest BCUT2D eigenvalue weighted by Gasteiger charge is -2.12. The van der Waals surface area contributed by atoms with Gasteiger partial charge in [-0.15, -0.1) is 0 Å². The molecular formula is C20H24N2O5. The summed E-state index contributed by atoms with van der Waals surface area (Å²) in [6.45, 7) is 6.95. The van der Waals surface area contributed by atoms with Crippen LogP contribution < -0.4 is 14.8 Å². The molecule has 27 heavy (non-hydrogen) atoms. The van der Waals surface area contributed by atoms with Crippen LogP contribution in [0.2, 0.25) is 0 Å². The molecule has 1 N–H and O–H groups in total. The predicted octanol–water partition coefficient (Wildman–Crippen LogP) is 3.67. The first kappa shape index (κ1) is 20.2. The van der Waals surface area contributed by atoms with Gasteiger partial charge in [0, 0.05) is 23.7 Å². The second-order valence-corrected chi connectivity index (χ2v) is 5.91. The first-order chi connectivity index (χ1) is 13.0. The van der Waals surface area contributed by atoms with Crippen molar-refractivity contribution >= 4 is 11.6 Å². The van der Waals surface area contributed by atoms with E-state index in [1.807, 2.05) is 32.0 Å². The maximum atomic E-state index is 12.3. The van der Waals surface area contributed by atoms with Gasteiger partial charge in [0.1, 0.15) is 0 Å². The van der Waals surface area contributed by atoms with Crippen LogP contribution >= 0.6 is 0 Å². The van der Waals surface area contributed by atoms with Gasteiger partial charge in [0.05, 0.1) is 18.1 Å². The minimum atomic E-state index is -0.485. The minimum Gasteiger partial charge on any atom is -0.490 e. The predicted molar refractivity (Wildman–Crippen MR) is 103 cm³/mol. The lowest BCUT2D eigenvalue weighted by molar-refractivity contribution is -0.385. The molecule has 0 fully saturated rings. The first-order valence-corrected chi connectivity index (χ1v) is 8.88. The summed E-state index contributed by atoms with van der Waals surface area (Å²) in [4.78, 5) is 22.8. The molecule has 0 aliphatic carbocycles. The number of nitro benzene ring substituents is 1. The number of aryl methyl sites for hydroxylation is 1. The fourth-order valence-corrected chi connectivity index (χ4v) is 2.62. The van der Waals surface area contributed by atoms with E-state index in [0.717, 1.165) is 5.56 Å². The van der Waals surface area contributed by atoms with Gasteiger partial charge < -0.3 is 14.8 Å². The Bertz CT molecular complexity index is 820. The summed E-state index contributed by atoms with van der Waals surface area (Å²) >= 11 is 0. The monoisotopic (exact) mass is 372 g/mol. The Morgan fingerprint density at radius 3 is 2.44 bits per heavy atom. The highest BCUT2D eigenvalue weighted by Gasteiger charge is 2.15. The first-order valence-electron chi connectivity index (χ1n) is 8.88. The molecule has 0 aromatic heterocycles. The molecule has 144 valence electrons. The fraction of sp³-hybridized carbons (Fsp3) is 0.350. The molecule has 0 heterocycles. The van der Waals surface area contributed by atoms with Crippen molar-refractivity contribution in [3.63, 3.8) is 0 Å². The zero-order chi connectivity index (χ0) is 19.8. The molecule has 0 spiro atoms. The van der Waals surface area contributed by atoms with Gasteiger partial charge in [0.2, 0.25) is 0 Å². The highest BCUT2D eigenvalue weighted by molar-refractivity contribution is 5.95. The summed E-state index contributed by atoms with van der Waals surface area (Å²) in [6.07, 6.45) is 0.603. The molecule has 0 atom stereocenters. The van der Waals surface area contributed by atoms with Gasteiger partial charge in [0.25, 0.3) is 11.6 Å². The van der Waals surface area contributed by atoms with Gasteiger partial charge in [-0.05, 0) is 51.0 Å². The molecule has 7 nitrogen and oxygen atoms in total. The van der Waals surface area contributed by atoms with Crippen molar-refractivity contribution in [1.29, 1.82) is 0 Å². The summed E-state index contributed by atoms with van der Waals surface area (Å²) < 4.78 is 11.1. The van der Waals surface area contributed by atoms with Crippen LogP contribution in [-0.2, 0) is 6.42 Å². The maximum absolute atomic E-state index is 12.3. The van der Waals surface area contributed by atoms with E-state index in [0.29, 0.717) is 43.2 Å². The van der Waals surface area contributed by atoms with Gasteiger partial charge in [-0.3, -0.25) is 14.9 Å². The molecule has 2 aromatic rings. The summed E-state index contributed by atoms with van der Waals surface area (Å²) in [7, 11) is 0. The minimum absolute atomic E-state index is 0.0597. The van der Waals surface area contributed by atoms with Gasteiger partial charge in [-0.1, -0.05) is 12.1 Å². The van der Waals surface area contributed by atoms with Crippen LogP contribution in [-0.4, -0.2) is 30.6 Å². The molecule has 2 rings (SSSR count). The van der Waals surface area contributed by atoms with Crippen molar-refractivity contribution in [2.24, 2.45) is 0 Å². The number of carbonyl (C=O) groups is 1. The summed E-state index contributed by atoms with van der Waals surface area (Å²) in [6, 6.07) is 10.1. The topological polar surface area (TPSA) is 90.7 Å². The van der Waals surface area contributed by atoms with E-state index < -0.39 is 4.92 Å². The number of rotatable bonds is 9. The third kappa shape index (κ3) is 5.44. The van der Waals surface area contributed by atoms with Crippen LogP contribution in [0.25, 0.3) is 0 Å². The normalized spacial score (nSPS) is 10.3. The molecule has 2 aromatic carbocycles. The number of hydrogen-bond donors (Lipinski definition) is 1. The maximum Gasteiger partial charge on any atom is 0.273 e. The second kappa shape index (κ2) is 9.56. The smallest absolute Gasteiger partial charge is 0.273 e. The Morgan fingerprint density at radius 1 is 1.07 bits per heavy atom. The molecule has 0 bridgehead atoms. The SMILES string of the molecule is CCOc1ccc(CCNC(=O)c2ccc(C)c([N+](=O)[O-])c2)cc1OCC. The Balaban J connectivity index is 1.99. The van der Waals surface area contributed by atoms with E-state index >= 15 is 0 Å². The number of carbonyl (C=O) groups excluding carboxylic acids is 1. The second-order valence-electron chi connectivity index (χ2n) is 5.91. The number of benzene rings is 2. The van der Waals surface area contributed by atoms with E-state index in [-0.39, 0.29) is 17.2 Å². The molecule has 0 radical (unpaired) electrons. The molecule has 0 saturated heterocycles. The summed E-state index contributed by atoms with van der Waals surface area (Å²) in [5, 5.41) is 13.8. The Hall–Kier alpha value is -3.09. The number of hydrogen-bond acceptors (Lipinski definition) is 5. The highest BCUT2D eigenvalue weighted by atomic mass is 16.6. The van der Waals surface area contributed by atoms with Crippen molar-refractivity contribution in [3.8, 4) is 11.5 Å². The third-order valence-electron chi connectivity index (χ3n) is 3.98. The molecule has 0 saturated carbocycles. The standard InChI is InChI=1S/C20H24N2O5/c1-4-26-18-9-7-15(12-19(18)27-5-2)10-11-21-20(23)16-8-6-14(3)17(13-16)22(24)25/h6-9,12-13H,4-5,10-11H2,1-3H3,(H,21,23). The van der Waals surface area contributed by atoms with Crippen molar-refractivity contribution in [1.82, 2.24) is 5.32 Å². The van der Waals surface area contributed by atoms with E-state index in [4.69, 9.17) is 9.47 Å². The zero-order valence-electron chi connectivity index (χ0n) is 15.8. The Kier molecular flexibility index (Phi) is 7.16. The van der Waals surface area contributed by atoms with Crippen LogP contribution in [0.1, 0.15) is 35.3 Å². The van der Waals surface area contributed by atoms with Crippen LogP contribution in [0.4, 0.5) is 5.69 Å². The summed E-state index contributed by atoms with van der Waals surface area (Å²) in [5.41, 5.74) is 1.73.